The number of benzene rings is 2. The maximum atomic E-state index is 12.4. The van der Waals surface area contributed by atoms with Crippen LogP contribution in [0.15, 0.2) is 76.7 Å². The Morgan fingerprint density at radius 1 is 1.07 bits per heavy atom. The van der Waals surface area contributed by atoms with Crippen molar-refractivity contribution in [1.29, 1.82) is 0 Å². The van der Waals surface area contributed by atoms with Crippen molar-refractivity contribution < 1.29 is 9.53 Å². The summed E-state index contributed by atoms with van der Waals surface area (Å²) >= 11 is 1.63. The largest absolute Gasteiger partial charge is 0.465 e. The number of methoxy groups -OCH3 is 1. The van der Waals surface area contributed by atoms with Crippen molar-refractivity contribution in [3.8, 4) is 0 Å². The van der Waals surface area contributed by atoms with Crippen LogP contribution in [-0.2, 0) is 24.4 Å². The molecule has 3 aromatic rings. The number of ether oxygens (including phenoxy) is 1. The zero-order valence-electron chi connectivity index (χ0n) is 16.0. The third-order valence-corrected chi connectivity index (χ3v) is 6.14. The molecule has 0 fully saturated rings. The van der Waals surface area contributed by atoms with Crippen LogP contribution in [0.2, 0.25) is 0 Å². The van der Waals surface area contributed by atoms with Gasteiger partial charge in [0.1, 0.15) is 0 Å². The molecule has 5 heteroatoms. The summed E-state index contributed by atoms with van der Waals surface area (Å²) < 4.78 is 7.36. The van der Waals surface area contributed by atoms with Crippen molar-refractivity contribution in [3.05, 3.63) is 83.6 Å². The highest BCUT2D eigenvalue weighted by atomic mass is 32.2. The van der Waals surface area contributed by atoms with Gasteiger partial charge >= 0.3 is 5.97 Å². The average Bonchev–Trinajstić information content (AvgIpc) is 2.93. The van der Waals surface area contributed by atoms with Gasteiger partial charge in [0.2, 0.25) is 0 Å². The minimum absolute atomic E-state index is 0.270. The van der Waals surface area contributed by atoms with Crippen molar-refractivity contribution in [2.75, 3.05) is 13.7 Å². The molecule has 0 bridgehead atoms. The molecule has 0 spiro atoms. The summed E-state index contributed by atoms with van der Waals surface area (Å²) in [5.41, 5.74) is 3.17. The fraction of sp³-hybridized carbons (Fsp3) is 0.261. The number of aromatic nitrogens is 1. The van der Waals surface area contributed by atoms with Crippen LogP contribution in [0.25, 0.3) is 0 Å². The highest BCUT2D eigenvalue weighted by Gasteiger charge is 2.25. The molecule has 4 nitrogen and oxygen atoms in total. The summed E-state index contributed by atoms with van der Waals surface area (Å²) in [7, 11) is 1.45. The zero-order chi connectivity index (χ0) is 19.3. The van der Waals surface area contributed by atoms with Crippen LogP contribution >= 0.6 is 11.8 Å². The molecule has 0 saturated heterocycles. The van der Waals surface area contributed by atoms with E-state index in [0.29, 0.717) is 5.56 Å². The van der Waals surface area contributed by atoms with E-state index in [1.54, 1.807) is 11.8 Å². The molecule has 4 rings (SSSR count). The molecular weight excluding hydrogens is 368 g/mol. The quantitative estimate of drug-likeness (QED) is 0.583. The molecule has 28 heavy (non-hydrogen) atoms. The highest BCUT2D eigenvalue weighted by molar-refractivity contribution is 7.99. The van der Waals surface area contributed by atoms with Gasteiger partial charge in [0, 0.05) is 23.7 Å². The van der Waals surface area contributed by atoms with E-state index in [1.807, 2.05) is 30.3 Å². The van der Waals surface area contributed by atoms with E-state index in [2.05, 4.69) is 45.9 Å². The molecule has 2 heterocycles. The molecule has 0 N–H and O–H groups in total. The summed E-state index contributed by atoms with van der Waals surface area (Å²) in [6.45, 7) is 2.72. The third-order valence-electron chi connectivity index (χ3n) is 4.99. The molecule has 0 saturated carbocycles. The van der Waals surface area contributed by atoms with Crippen molar-refractivity contribution in [2.45, 2.75) is 36.0 Å². The summed E-state index contributed by atoms with van der Waals surface area (Å²) in [6.07, 6.45) is 2.04. The number of rotatable bonds is 5. The molecule has 0 amide bonds. The zero-order valence-corrected chi connectivity index (χ0v) is 16.8. The number of carbonyl (C=O) groups is 1. The first-order valence-corrected chi connectivity index (χ1v) is 10.4. The van der Waals surface area contributed by atoms with E-state index in [9.17, 15) is 4.79 Å². The molecule has 144 valence electrons. The maximum Gasteiger partial charge on any atom is 0.340 e. The lowest BCUT2D eigenvalue weighted by Gasteiger charge is -2.22. The van der Waals surface area contributed by atoms with E-state index < -0.39 is 0 Å². The Hall–Kier alpha value is -2.50. The van der Waals surface area contributed by atoms with Crippen LogP contribution in [0.5, 0.6) is 0 Å². The van der Waals surface area contributed by atoms with Crippen molar-refractivity contribution >= 4 is 17.7 Å². The molecule has 1 aliphatic heterocycles. The second-order valence-corrected chi connectivity index (χ2v) is 8.03. The van der Waals surface area contributed by atoms with E-state index >= 15 is 0 Å². The Bertz CT molecular complexity index is 938. The van der Waals surface area contributed by atoms with Crippen LogP contribution < -0.4 is 0 Å². The van der Waals surface area contributed by atoms with Crippen LogP contribution in [0, 0.1) is 0 Å². The Morgan fingerprint density at radius 3 is 2.50 bits per heavy atom. The number of hydrogen-bond donors (Lipinski definition) is 0. The van der Waals surface area contributed by atoms with Gasteiger partial charge in [-0.25, -0.2) is 4.79 Å². The van der Waals surface area contributed by atoms with Crippen molar-refractivity contribution in [3.63, 3.8) is 0 Å². The van der Waals surface area contributed by atoms with Crippen LogP contribution in [0.1, 0.15) is 28.0 Å². The van der Waals surface area contributed by atoms with Gasteiger partial charge in [-0.15, -0.1) is 0 Å². The number of carbonyl (C=O) groups excluding carboxylic acids is 1. The first-order valence-electron chi connectivity index (χ1n) is 9.54. The van der Waals surface area contributed by atoms with E-state index in [4.69, 9.17) is 4.74 Å². The van der Waals surface area contributed by atoms with E-state index in [0.717, 1.165) is 42.5 Å². The van der Waals surface area contributed by atoms with Gasteiger partial charge in [0.15, 0.2) is 0 Å². The molecule has 0 radical (unpaired) electrons. The topological polar surface area (TPSA) is 34.5 Å². The number of hydrogen-bond acceptors (Lipinski definition) is 4. The van der Waals surface area contributed by atoms with Gasteiger partial charge in [-0.05, 0) is 36.6 Å². The second-order valence-electron chi connectivity index (χ2n) is 6.97. The second kappa shape index (κ2) is 8.67. The molecule has 0 atom stereocenters. The monoisotopic (exact) mass is 392 g/mol. The molecular formula is C23H24N2O2S. The van der Waals surface area contributed by atoms with Crippen LogP contribution in [0.4, 0.5) is 0 Å². The lowest BCUT2D eigenvalue weighted by molar-refractivity contribution is 0.0595. The predicted molar refractivity (Wildman–Crippen MR) is 112 cm³/mol. The summed E-state index contributed by atoms with van der Waals surface area (Å²) in [5, 5.41) is 0.966. The van der Waals surface area contributed by atoms with Crippen molar-refractivity contribution in [1.82, 2.24) is 9.47 Å². The van der Waals surface area contributed by atoms with Gasteiger partial charge in [0.25, 0.3) is 0 Å². The summed E-state index contributed by atoms with van der Waals surface area (Å²) in [6, 6.07) is 22.8. The van der Waals surface area contributed by atoms with Gasteiger partial charge in [-0.2, -0.15) is 0 Å². The van der Waals surface area contributed by atoms with Gasteiger partial charge in [0.05, 0.1) is 24.4 Å². The fourth-order valence-electron chi connectivity index (χ4n) is 3.64. The minimum Gasteiger partial charge on any atom is -0.465 e. The lowest BCUT2D eigenvalue weighted by atomic mass is 10.2. The standard InChI is InChI=1S/C23H24N2O2S/c1-27-23(26)21-15-19-11-8-14-24(16-18-9-4-2-5-10-18)17-25(19)22(21)28-20-12-6-3-7-13-20/h2-7,9-10,12-13,15H,8,11,14,16-17H2,1H3. The van der Waals surface area contributed by atoms with E-state index in [-0.39, 0.29) is 5.97 Å². The number of fused-ring (bicyclic) bond motifs is 1. The van der Waals surface area contributed by atoms with Crippen LogP contribution in [0.3, 0.4) is 0 Å². The third kappa shape index (κ3) is 4.16. The number of nitrogens with zero attached hydrogens (tertiary/aromatic N) is 2. The molecule has 0 aliphatic carbocycles. The molecule has 1 aromatic heterocycles. The Kier molecular flexibility index (Phi) is 5.84. The Labute approximate surface area is 170 Å². The van der Waals surface area contributed by atoms with Gasteiger partial charge in [-0.3, -0.25) is 4.90 Å². The number of aryl methyl sites for hydroxylation is 1. The molecule has 0 unspecified atom stereocenters. The van der Waals surface area contributed by atoms with Gasteiger partial charge < -0.3 is 9.30 Å². The normalized spacial score (nSPS) is 14.3. The lowest BCUT2D eigenvalue weighted by Crippen LogP contribution is -2.26. The van der Waals surface area contributed by atoms with E-state index in [1.165, 1.54) is 18.4 Å². The highest BCUT2D eigenvalue weighted by Crippen LogP contribution is 2.35. The predicted octanol–water partition coefficient (Wildman–Crippen LogP) is 4.83. The smallest absolute Gasteiger partial charge is 0.340 e. The van der Waals surface area contributed by atoms with Crippen LogP contribution in [-0.4, -0.2) is 29.1 Å². The molecule has 1 aliphatic rings. The Balaban J connectivity index is 1.67. The SMILES string of the molecule is COC(=O)c1cc2n(c1Sc1ccccc1)CN(Cc1ccccc1)CCC2. The fourth-order valence-corrected chi connectivity index (χ4v) is 4.69. The molecule has 2 aromatic carbocycles. The first-order chi connectivity index (χ1) is 13.7. The number of esters is 1. The van der Waals surface area contributed by atoms with Gasteiger partial charge in [-0.1, -0.05) is 60.3 Å². The summed E-state index contributed by atoms with van der Waals surface area (Å²) in [4.78, 5) is 16.0. The first kappa shape index (κ1) is 18.8. The average molecular weight is 393 g/mol. The maximum absolute atomic E-state index is 12.4. The minimum atomic E-state index is -0.270. The van der Waals surface area contributed by atoms with Crippen molar-refractivity contribution in [2.24, 2.45) is 0 Å². The Morgan fingerprint density at radius 2 is 1.79 bits per heavy atom. The summed E-state index contributed by atoms with van der Waals surface area (Å²) in [5.74, 6) is -0.270.